The topological polar surface area (TPSA) is 52.6 Å². The summed E-state index contributed by atoms with van der Waals surface area (Å²) in [6.07, 6.45) is 7.37. The van der Waals surface area contributed by atoms with Gasteiger partial charge in [0.15, 0.2) is 5.96 Å². The first-order valence-electron chi connectivity index (χ1n) is 10.5. The molecule has 29 heavy (non-hydrogen) atoms. The molecule has 0 unspecified atom stereocenters. The molecule has 0 bridgehead atoms. The molecule has 2 aromatic rings. The van der Waals surface area contributed by atoms with E-state index in [2.05, 4.69) is 58.6 Å². The predicted octanol–water partition coefficient (Wildman–Crippen LogP) is 4.70. The number of guanidine groups is 1. The van der Waals surface area contributed by atoms with Crippen molar-refractivity contribution < 1.29 is 0 Å². The van der Waals surface area contributed by atoms with Gasteiger partial charge in [-0.2, -0.15) is 0 Å². The van der Waals surface area contributed by atoms with E-state index in [9.17, 15) is 0 Å². The van der Waals surface area contributed by atoms with Gasteiger partial charge in [-0.3, -0.25) is 4.90 Å². The van der Waals surface area contributed by atoms with Crippen LogP contribution in [0.4, 0.5) is 0 Å². The number of aromatic nitrogens is 1. The highest BCUT2D eigenvalue weighted by Gasteiger charge is 2.09. The quantitative estimate of drug-likeness (QED) is 0.312. The molecule has 1 aliphatic rings. The Morgan fingerprint density at radius 3 is 2.38 bits per heavy atom. The van der Waals surface area contributed by atoms with E-state index < -0.39 is 0 Å². The molecule has 2 heterocycles. The van der Waals surface area contributed by atoms with Gasteiger partial charge in [0.2, 0.25) is 0 Å². The van der Waals surface area contributed by atoms with Crippen LogP contribution < -0.4 is 10.6 Å². The normalized spacial score (nSPS) is 15.4. The Hall–Kier alpha value is -1.19. The van der Waals surface area contributed by atoms with Crippen molar-refractivity contribution in [3.8, 4) is 0 Å². The fraction of sp³-hybridized carbons (Fsp3) is 0.545. The number of hydrogen-bond donors (Lipinski definition) is 2. The van der Waals surface area contributed by atoms with Crippen LogP contribution in [-0.4, -0.2) is 35.5 Å². The summed E-state index contributed by atoms with van der Waals surface area (Å²) >= 11 is 1.72. The highest BCUT2D eigenvalue weighted by Crippen LogP contribution is 2.14. The first-order chi connectivity index (χ1) is 13.7. The van der Waals surface area contributed by atoms with E-state index in [0.29, 0.717) is 13.1 Å². The average molecular weight is 528 g/mol. The van der Waals surface area contributed by atoms with Crippen LogP contribution in [0.5, 0.6) is 0 Å². The molecule has 0 spiro atoms. The Labute approximate surface area is 196 Å². The van der Waals surface area contributed by atoms with Crippen molar-refractivity contribution in [1.29, 1.82) is 0 Å². The SMILES string of the molecule is CCNC(=NCc1ccc(CN2CCCCCC2)cc1)NCc1ncc(C)s1.I. The maximum absolute atomic E-state index is 4.72. The van der Waals surface area contributed by atoms with Gasteiger partial charge in [0.05, 0.1) is 13.1 Å². The van der Waals surface area contributed by atoms with Crippen molar-refractivity contribution in [2.24, 2.45) is 4.99 Å². The molecule has 1 aliphatic heterocycles. The van der Waals surface area contributed by atoms with Crippen molar-refractivity contribution >= 4 is 41.3 Å². The van der Waals surface area contributed by atoms with E-state index >= 15 is 0 Å². The minimum Gasteiger partial charge on any atom is -0.357 e. The number of hydrogen-bond acceptors (Lipinski definition) is 4. The Morgan fingerprint density at radius 1 is 1.07 bits per heavy atom. The Morgan fingerprint density at radius 2 is 1.76 bits per heavy atom. The molecule has 2 N–H and O–H groups in total. The summed E-state index contributed by atoms with van der Waals surface area (Å²) in [6.45, 7) is 9.94. The maximum Gasteiger partial charge on any atom is 0.191 e. The van der Waals surface area contributed by atoms with Crippen LogP contribution in [0.1, 0.15) is 53.6 Å². The molecule has 1 aromatic heterocycles. The largest absolute Gasteiger partial charge is 0.357 e. The molecule has 1 saturated heterocycles. The third-order valence-corrected chi connectivity index (χ3v) is 5.88. The molecule has 5 nitrogen and oxygen atoms in total. The van der Waals surface area contributed by atoms with Crippen LogP contribution in [0.15, 0.2) is 35.5 Å². The fourth-order valence-electron chi connectivity index (χ4n) is 3.46. The number of nitrogens with zero attached hydrogens (tertiary/aromatic N) is 3. The lowest BCUT2D eigenvalue weighted by molar-refractivity contribution is 0.277. The van der Waals surface area contributed by atoms with Crippen LogP contribution in [0, 0.1) is 6.92 Å². The Balaban J connectivity index is 0.00000300. The van der Waals surface area contributed by atoms with E-state index in [1.54, 1.807) is 11.3 Å². The number of thiazole rings is 1. The number of aryl methyl sites for hydroxylation is 1. The van der Waals surface area contributed by atoms with Gasteiger partial charge in [-0.05, 0) is 50.9 Å². The monoisotopic (exact) mass is 527 g/mol. The first kappa shape index (κ1) is 24.1. The third-order valence-electron chi connectivity index (χ3n) is 4.97. The molecular weight excluding hydrogens is 493 g/mol. The molecule has 0 aliphatic carbocycles. The highest BCUT2D eigenvalue weighted by atomic mass is 127. The average Bonchev–Trinajstić information content (AvgIpc) is 2.95. The van der Waals surface area contributed by atoms with Gasteiger partial charge in [0, 0.05) is 24.2 Å². The number of nitrogens with one attached hydrogen (secondary N) is 2. The molecule has 1 fully saturated rings. The smallest absolute Gasteiger partial charge is 0.191 e. The molecule has 0 saturated carbocycles. The molecule has 3 rings (SSSR count). The summed E-state index contributed by atoms with van der Waals surface area (Å²) in [5.74, 6) is 0.837. The highest BCUT2D eigenvalue weighted by molar-refractivity contribution is 14.0. The van der Waals surface area contributed by atoms with Crippen molar-refractivity contribution in [2.75, 3.05) is 19.6 Å². The summed E-state index contributed by atoms with van der Waals surface area (Å²) in [4.78, 5) is 12.9. The number of likely N-dealkylation sites (tertiary alicyclic amines) is 1. The van der Waals surface area contributed by atoms with Gasteiger partial charge < -0.3 is 10.6 Å². The van der Waals surface area contributed by atoms with E-state index in [0.717, 1.165) is 24.1 Å². The van der Waals surface area contributed by atoms with Crippen LogP contribution in [0.2, 0.25) is 0 Å². The first-order valence-corrected chi connectivity index (χ1v) is 11.3. The van der Waals surface area contributed by atoms with Crippen molar-refractivity contribution in [3.05, 3.63) is 51.5 Å². The number of aliphatic imine (C=N–C) groups is 1. The van der Waals surface area contributed by atoms with Crippen LogP contribution in [-0.2, 0) is 19.6 Å². The minimum atomic E-state index is 0. The van der Waals surface area contributed by atoms with Gasteiger partial charge in [0.25, 0.3) is 0 Å². The van der Waals surface area contributed by atoms with Crippen LogP contribution in [0.3, 0.4) is 0 Å². The Bertz CT molecular complexity index is 736. The second-order valence-corrected chi connectivity index (χ2v) is 8.74. The van der Waals surface area contributed by atoms with E-state index in [1.165, 1.54) is 54.8 Å². The maximum atomic E-state index is 4.72. The number of rotatable bonds is 7. The van der Waals surface area contributed by atoms with E-state index in [1.807, 2.05) is 6.20 Å². The molecule has 160 valence electrons. The van der Waals surface area contributed by atoms with Crippen molar-refractivity contribution in [1.82, 2.24) is 20.5 Å². The number of halogens is 1. The molecule has 0 atom stereocenters. The van der Waals surface area contributed by atoms with Gasteiger partial charge in [-0.25, -0.2) is 9.98 Å². The molecule has 0 radical (unpaired) electrons. The zero-order valence-electron chi connectivity index (χ0n) is 17.6. The standard InChI is InChI=1S/C22H33N5S.HI/c1-3-23-22(26-16-21-24-14-18(2)28-21)25-15-19-8-10-20(11-9-19)17-27-12-6-4-5-7-13-27;/h8-11,14H,3-7,12-13,15-17H2,1-2H3,(H2,23,25,26);1H. The minimum absolute atomic E-state index is 0. The number of benzene rings is 1. The van der Waals surface area contributed by atoms with E-state index in [4.69, 9.17) is 4.99 Å². The van der Waals surface area contributed by atoms with Crippen molar-refractivity contribution in [2.45, 2.75) is 59.2 Å². The summed E-state index contributed by atoms with van der Waals surface area (Å²) in [7, 11) is 0. The Kier molecular flexibility index (Phi) is 10.9. The fourth-order valence-corrected chi connectivity index (χ4v) is 4.18. The lowest BCUT2D eigenvalue weighted by atomic mass is 10.1. The van der Waals surface area contributed by atoms with Crippen molar-refractivity contribution in [3.63, 3.8) is 0 Å². The molecule has 1 aromatic carbocycles. The zero-order valence-corrected chi connectivity index (χ0v) is 20.8. The predicted molar refractivity (Wildman–Crippen MR) is 134 cm³/mol. The molecular formula is C22H34IN5S. The van der Waals surface area contributed by atoms with Crippen LogP contribution in [0.25, 0.3) is 0 Å². The summed E-state index contributed by atoms with van der Waals surface area (Å²) in [5, 5.41) is 7.77. The second kappa shape index (κ2) is 13.2. The van der Waals surface area contributed by atoms with Gasteiger partial charge in [0.1, 0.15) is 5.01 Å². The lowest BCUT2D eigenvalue weighted by Crippen LogP contribution is -2.36. The third kappa shape index (κ3) is 8.60. The van der Waals surface area contributed by atoms with Gasteiger partial charge in [-0.1, -0.05) is 37.1 Å². The summed E-state index contributed by atoms with van der Waals surface area (Å²) < 4.78 is 0. The molecule has 0 amide bonds. The van der Waals surface area contributed by atoms with E-state index in [-0.39, 0.29) is 24.0 Å². The molecule has 7 heteroatoms. The van der Waals surface area contributed by atoms with Gasteiger partial charge in [-0.15, -0.1) is 35.3 Å². The zero-order chi connectivity index (χ0) is 19.6. The summed E-state index contributed by atoms with van der Waals surface area (Å²) in [6, 6.07) is 8.94. The lowest BCUT2D eigenvalue weighted by Gasteiger charge is -2.19. The van der Waals surface area contributed by atoms with Crippen LogP contribution >= 0.6 is 35.3 Å². The summed E-state index contributed by atoms with van der Waals surface area (Å²) in [5.41, 5.74) is 2.64. The second-order valence-electron chi connectivity index (χ2n) is 7.42. The van der Waals surface area contributed by atoms with Gasteiger partial charge >= 0.3 is 0 Å².